The van der Waals surface area contributed by atoms with E-state index in [1.165, 1.54) is 13.0 Å². The Morgan fingerprint density at radius 1 is 1.20 bits per heavy atom. The van der Waals surface area contributed by atoms with Gasteiger partial charge in [-0.3, -0.25) is 14.5 Å². The number of hydrogen-bond donors (Lipinski definition) is 3. The first-order valence-corrected chi connectivity index (χ1v) is 12.4. The number of aliphatic hydroxyl groups is 3. The summed E-state index contributed by atoms with van der Waals surface area (Å²) in [5, 5.41) is 35.2. The van der Waals surface area contributed by atoms with Gasteiger partial charge in [0.15, 0.2) is 11.4 Å². The minimum atomic E-state index is -2.20. The minimum absolute atomic E-state index is 0. The van der Waals surface area contributed by atoms with E-state index in [0.29, 0.717) is 25.9 Å². The molecule has 1 heterocycles. The van der Waals surface area contributed by atoms with Crippen LogP contribution in [0.15, 0.2) is 12.7 Å². The van der Waals surface area contributed by atoms with Crippen LogP contribution < -0.4 is 0 Å². The lowest BCUT2D eigenvalue weighted by Gasteiger charge is -2.71. The number of aliphatic hydroxyl groups excluding tert-OH is 2. The number of likely N-dealkylation sites (N-methyl/N-ethyl adjacent to an activating group) is 1. The third kappa shape index (κ3) is 4.18. The Kier molecular flexibility index (Phi) is 8.36. The van der Waals surface area contributed by atoms with Gasteiger partial charge in [-0.05, 0) is 45.2 Å². The lowest BCUT2D eigenvalue weighted by atomic mass is 9.40. The van der Waals surface area contributed by atoms with Crippen LogP contribution in [-0.4, -0.2) is 86.7 Å². The summed E-state index contributed by atoms with van der Waals surface area (Å²) in [4.78, 5) is 28.7. The van der Waals surface area contributed by atoms with E-state index < -0.39 is 63.6 Å². The second kappa shape index (κ2) is 9.69. The predicted octanol–water partition coefficient (Wildman–Crippen LogP) is 2.26. The van der Waals surface area contributed by atoms with Gasteiger partial charge in [0, 0.05) is 17.8 Å². The van der Waals surface area contributed by atoms with Gasteiger partial charge < -0.3 is 24.8 Å². The Balaban J connectivity index is 0.00000432. The Morgan fingerprint density at radius 2 is 1.77 bits per heavy atom. The molecule has 9 heteroatoms. The topological polar surface area (TPSA) is 117 Å². The van der Waals surface area contributed by atoms with Crippen molar-refractivity contribution >= 4 is 24.2 Å². The Hall–Kier alpha value is -1.03. The molecule has 3 aliphatic rings. The molecule has 3 fully saturated rings. The maximum atomic E-state index is 13.8. The number of hydrogen-bond acceptors (Lipinski definition) is 8. The van der Waals surface area contributed by atoms with Crippen molar-refractivity contribution in [2.75, 3.05) is 19.6 Å². The van der Waals surface area contributed by atoms with Crippen LogP contribution in [0.3, 0.4) is 0 Å². The van der Waals surface area contributed by atoms with Crippen LogP contribution in [0.5, 0.6) is 0 Å². The zero-order valence-corrected chi connectivity index (χ0v) is 23.0. The third-order valence-corrected chi connectivity index (χ3v) is 9.25. The van der Waals surface area contributed by atoms with Gasteiger partial charge >= 0.3 is 5.97 Å². The van der Waals surface area contributed by atoms with Gasteiger partial charge in [-0.1, -0.05) is 40.7 Å². The molecule has 0 amide bonds. The fourth-order valence-electron chi connectivity index (χ4n) is 7.30. The molecule has 0 aromatic carbocycles. The smallest absolute Gasteiger partial charge is 0.320 e. The SMILES string of the molecule is C=C[C@@]1(C)CC(=O)[C@]2(O)[C@@]3(C)C(OC(=O)CN(CC)CC)CCC(C)(C)[C@@H]3[C@H](O)[C@H](O)[C@@]2(C)O1.Cl. The minimum Gasteiger partial charge on any atom is -0.461 e. The van der Waals surface area contributed by atoms with Crippen LogP contribution in [0.25, 0.3) is 0 Å². The van der Waals surface area contributed by atoms with Crippen LogP contribution in [-0.2, 0) is 19.1 Å². The molecule has 1 unspecified atom stereocenters. The molecule has 2 aliphatic carbocycles. The highest BCUT2D eigenvalue weighted by Gasteiger charge is 2.81. The lowest BCUT2D eigenvalue weighted by Crippen LogP contribution is -2.86. The average Bonchev–Trinajstić information content (AvgIpc) is 2.75. The summed E-state index contributed by atoms with van der Waals surface area (Å²) in [6, 6.07) is 0. The Bertz CT molecular complexity index is 848. The van der Waals surface area contributed by atoms with E-state index in [0.717, 1.165) is 0 Å². The van der Waals surface area contributed by atoms with Crippen LogP contribution >= 0.6 is 12.4 Å². The molecule has 8 nitrogen and oxygen atoms in total. The quantitative estimate of drug-likeness (QED) is 0.363. The number of fused-ring (bicyclic) bond motifs is 3. The van der Waals surface area contributed by atoms with Gasteiger partial charge in [0.05, 0.1) is 18.2 Å². The summed E-state index contributed by atoms with van der Waals surface area (Å²) in [5.41, 5.74) is -7.12. The highest BCUT2D eigenvalue weighted by atomic mass is 35.5. The molecular weight excluding hydrogens is 474 g/mol. The molecule has 0 aromatic rings. The van der Waals surface area contributed by atoms with Crippen LogP contribution in [0.1, 0.15) is 67.7 Å². The largest absolute Gasteiger partial charge is 0.461 e. The highest BCUT2D eigenvalue weighted by molar-refractivity contribution is 5.92. The summed E-state index contributed by atoms with van der Waals surface area (Å²) in [7, 11) is 0. The standard InChI is InChI=1S/C26H43NO7.ClH/c1-9-23(6)14-16(28)26(32)24(7)17(33-18(29)15-27(10-2)11-3)12-13-22(4,5)20(24)19(30)21(31)25(26,8)34-23;/h9,17,19-21,30-32H,1,10-15H2,2-8H3;1H/t17?,19-,20-,21-,23-,24-,25+,26-;/m0./s1. The molecule has 8 atom stereocenters. The second-order valence-corrected chi connectivity index (χ2v) is 11.7. The van der Waals surface area contributed by atoms with Gasteiger partial charge in [-0.15, -0.1) is 19.0 Å². The van der Waals surface area contributed by atoms with Crippen molar-refractivity contribution in [3.8, 4) is 0 Å². The average molecular weight is 518 g/mol. The molecule has 0 radical (unpaired) electrons. The summed E-state index contributed by atoms with van der Waals surface area (Å²) < 4.78 is 12.3. The molecule has 1 aliphatic heterocycles. The first-order valence-electron chi connectivity index (χ1n) is 12.4. The molecule has 3 rings (SSSR count). The van der Waals surface area contributed by atoms with Gasteiger partial charge in [0.2, 0.25) is 0 Å². The zero-order chi connectivity index (χ0) is 25.9. The first kappa shape index (κ1) is 30.2. The van der Waals surface area contributed by atoms with E-state index in [4.69, 9.17) is 9.47 Å². The predicted molar refractivity (Wildman–Crippen MR) is 134 cm³/mol. The summed E-state index contributed by atoms with van der Waals surface area (Å²) in [6.45, 7) is 17.9. The van der Waals surface area contributed by atoms with Crippen molar-refractivity contribution in [2.24, 2.45) is 16.7 Å². The van der Waals surface area contributed by atoms with Gasteiger partial charge in [0.1, 0.15) is 17.8 Å². The molecule has 35 heavy (non-hydrogen) atoms. The monoisotopic (exact) mass is 517 g/mol. The lowest BCUT2D eigenvalue weighted by molar-refractivity contribution is -0.370. The number of esters is 1. The molecule has 0 aromatic heterocycles. The number of ketones is 1. The summed E-state index contributed by atoms with van der Waals surface area (Å²) >= 11 is 0. The van der Waals surface area contributed by atoms with Crippen molar-refractivity contribution in [3.63, 3.8) is 0 Å². The molecule has 202 valence electrons. The zero-order valence-electron chi connectivity index (χ0n) is 22.2. The van der Waals surface area contributed by atoms with Crippen molar-refractivity contribution < 1.29 is 34.4 Å². The fourth-order valence-corrected chi connectivity index (χ4v) is 7.30. The van der Waals surface area contributed by atoms with Crippen molar-refractivity contribution in [1.82, 2.24) is 4.90 Å². The number of carbonyl (C=O) groups excluding carboxylic acids is 2. The maximum Gasteiger partial charge on any atom is 0.320 e. The Labute approximate surface area is 215 Å². The number of Topliss-reactive ketones (excluding diaryl/α,β-unsaturated/α-hetero) is 1. The second-order valence-electron chi connectivity index (χ2n) is 11.7. The molecule has 0 spiro atoms. The first-order chi connectivity index (χ1) is 15.6. The van der Waals surface area contributed by atoms with Gasteiger partial charge in [-0.25, -0.2) is 0 Å². The number of nitrogens with zero attached hydrogens (tertiary/aromatic N) is 1. The van der Waals surface area contributed by atoms with Crippen molar-refractivity contribution in [3.05, 3.63) is 12.7 Å². The Morgan fingerprint density at radius 3 is 2.29 bits per heavy atom. The van der Waals surface area contributed by atoms with E-state index in [1.807, 2.05) is 32.6 Å². The maximum absolute atomic E-state index is 13.8. The summed E-state index contributed by atoms with van der Waals surface area (Å²) in [5.74, 6) is -1.68. The van der Waals surface area contributed by atoms with Crippen LogP contribution in [0.2, 0.25) is 0 Å². The number of halogens is 1. The number of rotatable bonds is 6. The van der Waals surface area contributed by atoms with E-state index in [-0.39, 0.29) is 25.4 Å². The van der Waals surface area contributed by atoms with E-state index in [9.17, 15) is 24.9 Å². The molecule has 0 bridgehead atoms. The molecule has 2 saturated carbocycles. The van der Waals surface area contributed by atoms with Crippen LogP contribution in [0, 0.1) is 16.7 Å². The third-order valence-electron chi connectivity index (χ3n) is 9.25. The van der Waals surface area contributed by atoms with E-state index in [1.54, 1.807) is 13.8 Å². The summed E-state index contributed by atoms with van der Waals surface area (Å²) in [6.07, 6.45) is -1.35. The van der Waals surface area contributed by atoms with Gasteiger partial charge in [0.25, 0.3) is 0 Å². The van der Waals surface area contributed by atoms with Crippen molar-refractivity contribution in [2.45, 2.75) is 103 Å². The number of carbonyl (C=O) groups is 2. The van der Waals surface area contributed by atoms with Crippen LogP contribution in [0.4, 0.5) is 0 Å². The van der Waals surface area contributed by atoms with Gasteiger partial charge in [-0.2, -0.15) is 0 Å². The molecular formula is C26H44ClNO7. The highest BCUT2D eigenvalue weighted by Crippen LogP contribution is 2.67. The molecule has 3 N–H and O–H groups in total. The normalized spacial score (nSPS) is 44.6. The molecule has 1 saturated heterocycles. The van der Waals surface area contributed by atoms with E-state index in [2.05, 4.69) is 6.58 Å². The van der Waals surface area contributed by atoms with Crippen molar-refractivity contribution in [1.29, 1.82) is 0 Å². The number of ether oxygens (including phenoxy) is 2. The fraction of sp³-hybridized carbons (Fsp3) is 0.846. The van der Waals surface area contributed by atoms with E-state index >= 15 is 0 Å².